The zero-order valence-electron chi connectivity index (χ0n) is 31.5. The van der Waals surface area contributed by atoms with Gasteiger partial charge in [-0.05, 0) is 92.4 Å². The molecule has 5 aromatic rings. The molecule has 0 heterocycles. The summed E-state index contributed by atoms with van der Waals surface area (Å²) in [4.78, 5) is 50.4. The van der Waals surface area contributed by atoms with Crippen LogP contribution in [0, 0.1) is 0 Å². The van der Waals surface area contributed by atoms with Crippen LogP contribution in [0.5, 0.6) is 11.5 Å². The van der Waals surface area contributed by atoms with Crippen molar-refractivity contribution >= 4 is 15.6 Å². The molecular formula is C42H28Na4O8P2. The van der Waals surface area contributed by atoms with E-state index in [1.165, 1.54) is 44.5 Å². The fourth-order valence-corrected chi connectivity index (χ4v) is 13.7. The van der Waals surface area contributed by atoms with Gasteiger partial charge in [-0.3, -0.25) is 0 Å². The number of phosphoric acid groups is 2. The predicted octanol–water partition coefficient (Wildman–Crippen LogP) is -5.96. The Bertz CT molecular complexity index is 2360. The van der Waals surface area contributed by atoms with Crippen molar-refractivity contribution in [1.29, 1.82) is 0 Å². The van der Waals surface area contributed by atoms with Gasteiger partial charge in [-0.1, -0.05) is 72.8 Å². The molecule has 13 rings (SSSR count). The SMILES string of the molecule is O=P([O-])([O-])Oc1c2c(c(OP(=O)([O-])[O-])c3c1[C@H]1C[C@@H]3c3cc4c(cc31)[C@H]1C[C@@H]4c3ccccc31)[C@H]1C[C@@H]2c2cc3c(cc21)[C@H]1C[C@@H]3c2ccccc21.[Na+].[Na+].[Na+].[Na+]. The van der Waals surface area contributed by atoms with Crippen LogP contribution < -0.4 is 147 Å². The van der Waals surface area contributed by atoms with E-state index in [-0.39, 0.29) is 177 Å². The van der Waals surface area contributed by atoms with Crippen LogP contribution in [0.3, 0.4) is 0 Å². The van der Waals surface area contributed by atoms with Gasteiger partial charge >= 0.3 is 118 Å². The van der Waals surface area contributed by atoms with Gasteiger partial charge in [-0.2, -0.15) is 0 Å². The smallest absolute Gasteiger partial charge is 0.780 e. The van der Waals surface area contributed by atoms with Crippen LogP contribution in [-0.2, 0) is 9.13 Å². The Labute approximate surface area is 412 Å². The number of benzene rings is 5. The average molecular weight is 815 g/mol. The van der Waals surface area contributed by atoms with Crippen molar-refractivity contribution in [2.45, 2.75) is 73.0 Å². The largest absolute Gasteiger partial charge is 1.00 e. The van der Waals surface area contributed by atoms with Gasteiger partial charge < -0.3 is 37.8 Å². The van der Waals surface area contributed by atoms with Gasteiger partial charge in [0.1, 0.15) is 27.1 Å². The molecule has 8 atom stereocenters. The molecule has 0 saturated carbocycles. The van der Waals surface area contributed by atoms with E-state index < -0.39 is 15.6 Å². The van der Waals surface area contributed by atoms with E-state index in [4.69, 9.17) is 9.05 Å². The van der Waals surface area contributed by atoms with Gasteiger partial charge in [0.2, 0.25) is 0 Å². The monoisotopic (exact) mass is 814 g/mol. The Morgan fingerprint density at radius 1 is 0.375 bits per heavy atom. The summed E-state index contributed by atoms with van der Waals surface area (Å²) in [5.41, 5.74) is 16.6. The summed E-state index contributed by atoms with van der Waals surface area (Å²) in [5.74, 6) is -0.203. The van der Waals surface area contributed by atoms with Crippen LogP contribution in [-0.4, -0.2) is 0 Å². The Morgan fingerprint density at radius 3 is 0.821 bits per heavy atom. The van der Waals surface area contributed by atoms with E-state index in [0.29, 0.717) is 35.1 Å². The first-order valence-corrected chi connectivity index (χ1v) is 21.1. The first-order valence-electron chi connectivity index (χ1n) is 18.2. The molecule has 0 spiro atoms. The third kappa shape index (κ3) is 5.37. The van der Waals surface area contributed by atoms with Crippen LogP contribution in [0.15, 0.2) is 72.8 Å². The van der Waals surface area contributed by atoms with Gasteiger partial charge in [0.05, 0.1) is 0 Å². The maximum atomic E-state index is 12.6. The number of fused-ring (bicyclic) bond motifs is 32. The second kappa shape index (κ2) is 13.8. The van der Waals surface area contributed by atoms with Crippen molar-refractivity contribution in [1.82, 2.24) is 0 Å². The molecule has 8 aliphatic carbocycles. The van der Waals surface area contributed by atoms with Gasteiger partial charge in [-0.15, -0.1) is 0 Å². The molecule has 0 unspecified atom stereocenters. The number of phosphoric ester groups is 2. The molecule has 0 radical (unpaired) electrons. The van der Waals surface area contributed by atoms with E-state index in [1.807, 2.05) is 0 Å². The normalized spacial score (nSPS) is 26.9. The van der Waals surface area contributed by atoms with Crippen LogP contribution in [0.1, 0.15) is 162 Å². The first kappa shape index (κ1) is 41.4. The molecule has 56 heavy (non-hydrogen) atoms. The van der Waals surface area contributed by atoms with Gasteiger partial charge in [-0.25, -0.2) is 0 Å². The molecule has 0 aliphatic heterocycles. The van der Waals surface area contributed by atoms with Crippen LogP contribution in [0.2, 0.25) is 0 Å². The average Bonchev–Trinajstić information content (AvgIpc) is 3.98. The molecular weight excluding hydrogens is 786 g/mol. The minimum Gasteiger partial charge on any atom is -0.780 e. The van der Waals surface area contributed by atoms with Crippen molar-refractivity contribution < 1.29 is 156 Å². The molecule has 0 amide bonds. The topological polar surface area (TPSA) is 145 Å². The molecule has 258 valence electrons. The molecule has 0 aromatic heterocycles. The van der Waals surface area contributed by atoms with E-state index in [2.05, 4.69) is 72.8 Å². The third-order valence-electron chi connectivity index (χ3n) is 14.3. The maximum Gasteiger partial charge on any atom is 1.00 e. The van der Waals surface area contributed by atoms with Crippen molar-refractivity contribution in [2.24, 2.45) is 0 Å². The second-order valence-electron chi connectivity index (χ2n) is 16.2. The minimum atomic E-state index is -5.56. The quantitative estimate of drug-likeness (QED) is 0.129. The zero-order chi connectivity index (χ0) is 34.7. The molecule has 8 bridgehead atoms. The third-order valence-corrected chi connectivity index (χ3v) is 15.1. The summed E-state index contributed by atoms with van der Waals surface area (Å²) >= 11 is 0. The Kier molecular flexibility index (Phi) is 10.2. The number of hydrogen-bond donors (Lipinski definition) is 0. The molecule has 8 nitrogen and oxygen atoms in total. The predicted molar refractivity (Wildman–Crippen MR) is 182 cm³/mol. The van der Waals surface area contributed by atoms with E-state index in [9.17, 15) is 28.7 Å². The van der Waals surface area contributed by atoms with Crippen molar-refractivity contribution in [3.63, 3.8) is 0 Å². The summed E-state index contributed by atoms with van der Waals surface area (Å²) in [6.07, 6.45) is 3.10. The second-order valence-corrected chi connectivity index (χ2v) is 18.4. The summed E-state index contributed by atoms with van der Waals surface area (Å²) in [6, 6.07) is 26.2. The fourth-order valence-electron chi connectivity index (χ4n) is 12.9. The van der Waals surface area contributed by atoms with Crippen LogP contribution >= 0.6 is 15.6 Å². The van der Waals surface area contributed by atoms with Gasteiger partial charge in [0, 0.05) is 69.6 Å². The van der Waals surface area contributed by atoms with E-state index >= 15 is 0 Å². The van der Waals surface area contributed by atoms with Crippen molar-refractivity contribution in [3.05, 3.63) is 162 Å². The molecule has 0 fully saturated rings. The Morgan fingerprint density at radius 2 is 0.589 bits per heavy atom. The summed E-state index contributed by atoms with van der Waals surface area (Å²) in [6.45, 7) is 0. The molecule has 8 aliphatic rings. The zero-order valence-corrected chi connectivity index (χ0v) is 41.3. The minimum absolute atomic E-state index is 0. The van der Waals surface area contributed by atoms with Crippen molar-refractivity contribution in [2.75, 3.05) is 0 Å². The molecule has 0 N–H and O–H groups in total. The van der Waals surface area contributed by atoms with Crippen molar-refractivity contribution in [3.8, 4) is 11.5 Å². The summed E-state index contributed by atoms with van der Waals surface area (Å²) in [5, 5.41) is 0. The van der Waals surface area contributed by atoms with Gasteiger partial charge in [0.15, 0.2) is 0 Å². The first-order chi connectivity index (χ1) is 25.0. The van der Waals surface area contributed by atoms with Gasteiger partial charge in [0.25, 0.3) is 0 Å². The van der Waals surface area contributed by atoms with E-state index in [1.54, 1.807) is 0 Å². The van der Waals surface area contributed by atoms with Crippen LogP contribution in [0.4, 0.5) is 0 Å². The summed E-state index contributed by atoms with van der Waals surface area (Å²) < 4.78 is 36.3. The molecule has 0 saturated heterocycles. The van der Waals surface area contributed by atoms with Crippen LogP contribution in [0.25, 0.3) is 0 Å². The Hall–Kier alpha value is 0.00000000000000222. The summed E-state index contributed by atoms with van der Waals surface area (Å²) in [7, 11) is -11.1. The number of hydrogen-bond acceptors (Lipinski definition) is 8. The molecule has 5 aromatic carbocycles. The standard InChI is InChI=1S/C42H32O8P2.4Na/c43-51(44,45)49-41-37-33-15-34(30-12-26-22-9-21(25(26)11-29(30)33)17-5-1-2-6-18(17)22)38(37)42(50-52(46,47)48)40-36-16-35(39(40)41)31-13-27-23-10-24(28(27)14-32(31)36)20-8-4-3-7-19(20)23;;;;/h1-8,11-14,21-24,33-36H,9-10,15-16H2,(H2,43,44,45)(H2,46,47,48);;;;/q;4*+1/p-4/t21-,22+,23+,24-,33-,34+,35+,36-;;;;. The Balaban J connectivity index is 0.00000102. The van der Waals surface area contributed by atoms with E-state index in [0.717, 1.165) is 35.1 Å². The fraction of sp³-hybridized carbons (Fsp3) is 0.286. The molecule has 14 heteroatoms. The maximum absolute atomic E-state index is 12.6. The number of rotatable bonds is 4.